The molecule has 0 saturated heterocycles. The van der Waals surface area contributed by atoms with E-state index in [0.717, 1.165) is 93.9 Å². The van der Waals surface area contributed by atoms with E-state index in [1.807, 2.05) is 48.5 Å². The fourth-order valence-corrected chi connectivity index (χ4v) is 7.66. The van der Waals surface area contributed by atoms with Crippen LogP contribution in [0.5, 0.6) is 0 Å². The van der Waals surface area contributed by atoms with Crippen molar-refractivity contribution < 1.29 is 13.3 Å². The number of anilines is 3. The Kier molecular flexibility index (Phi) is 6.18. The summed E-state index contributed by atoms with van der Waals surface area (Å²) in [5.74, 6) is 0.571. The van der Waals surface area contributed by atoms with E-state index in [2.05, 4.69) is 126 Å². The van der Waals surface area contributed by atoms with Gasteiger partial charge in [0.2, 0.25) is 5.89 Å². The molecule has 0 atom stereocenters. The van der Waals surface area contributed by atoms with Crippen LogP contribution >= 0.6 is 0 Å². The van der Waals surface area contributed by atoms with Crippen LogP contribution in [0.15, 0.2) is 183 Å². The van der Waals surface area contributed by atoms with Gasteiger partial charge in [-0.2, -0.15) is 0 Å². The average Bonchev–Trinajstić information content (AvgIpc) is 3.90. The fourth-order valence-electron chi connectivity index (χ4n) is 7.66. The molecule has 52 heavy (non-hydrogen) atoms. The maximum absolute atomic E-state index is 6.62. The molecule has 244 valence electrons. The number of aromatic nitrogens is 1. The Balaban J connectivity index is 1.09. The number of fused-ring (bicyclic) bond motifs is 8. The zero-order valence-electron chi connectivity index (χ0n) is 27.8. The van der Waals surface area contributed by atoms with Gasteiger partial charge in [0.25, 0.3) is 0 Å². The molecule has 0 aliphatic heterocycles. The fraction of sp³-hybridized carbons (Fsp3) is 0. The van der Waals surface area contributed by atoms with Crippen LogP contribution in [0.2, 0.25) is 0 Å². The third-order valence-corrected chi connectivity index (χ3v) is 10.1. The third-order valence-electron chi connectivity index (χ3n) is 10.1. The molecule has 11 aromatic rings. The molecular formula is C47H28N2O3. The van der Waals surface area contributed by atoms with Gasteiger partial charge in [-0.25, -0.2) is 4.98 Å². The van der Waals surface area contributed by atoms with Gasteiger partial charge >= 0.3 is 0 Å². The van der Waals surface area contributed by atoms with E-state index in [9.17, 15) is 0 Å². The second-order valence-electron chi connectivity index (χ2n) is 13.1. The van der Waals surface area contributed by atoms with Crippen molar-refractivity contribution in [3.05, 3.63) is 170 Å². The van der Waals surface area contributed by atoms with Crippen molar-refractivity contribution in [1.82, 2.24) is 4.98 Å². The first-order valence-corrected chi connectivity index (χ1v) is 17.4. The van der Waals surface area contributed by atoms with Gasteiger partial charge in [-0.15, -0.1) is 0 Å². The Morgan fingerprint density at radius 3 is 1.92 bits per heavy atom. The first-order chi connectivity index (χ1) is 25.7. The third kappa shape index (κ3) is 4.46. The number of para-hydroxylation sites is 1. The monoisotopic (exact) mass is 668 g/mol. The molecule has 0 spiro atoms. The number of rotatable bonds is 5. The van der Waals surface area contributed by atoms with Crippen LogP contribution in [0.25, 0.3) is 88.3 Å². The summed E-state index contributed by atoms with van der Waals surface area (Å²) in [5.41, 5.74) is 11.1. The highest BCUT2D eigenvalue weighted by Gasteiger charge is 2.22. The van der Waals surface area contributed by atoms with Crippen LogP contribution in [-0.4, -0.2) is 4.98 Å². The summed E-state index contributed by atoms with van der Waals surface area (Å²) in [4.78, 5) is 7.24. The van der Waals surface area contributed by atoms with Crippen molar-refractivity contribution >= 4 is 82.8 Å². The summed E-state index contributed by atoms with van der Waals surface area (Å²) >= 11 is 0. The lowest BCUT2D eigenvalue weighted by molar-refractivity contribution is 0.620. The summed E-state index contributed by atoms with van der Waals surface area (Å²) in [7, 11) is 0. The maximum Gasteiger partial charge on any atom is 0.228 e. The Morgan fingerprint density at radius 1 is 0.404 bits per heavy atom. The molecule has 0 fully saturated rings. The van der Waals surface area contributed by atoms with E-state index < -0.39 is 0 Å². The van der Waals surface area contributed by atoms with Gasteiger partial charge in [0.1, 0.15) is 27.8 Å². The van der Waals surface area contributed by atoms with Crippen LogP contribution in [-0.2, 0) is 0 Å². The topological polar surface area (TPSA) is 55.6 Å². The predicted octanol–water partition coefficient (Wildman–Crippen LogP) is 13.6. The second kappa shape index (κ2) is 11.2. The zero-order valence-corrected chi connectivity index (χ0v) is 27.8. The second-order valence-corrected chi connectivity index (χ2v) is 13.1. The van der Waals surface area contributed by atoms with Gasteiger partial charge < -0.3 is 18.2 Å². The predicted molar refractivity (Wildman–Crippen MR) is 212 cm³/mol. The summed E-state index contributed by atoms with van der Waals surface area (Å²) in [6, 6.07) is 58.6. The first kappa shape index (κ1) is 28.7. The van der Waals surface area contributed by atoms with Gasteiger partial charge in [0.15, 0.2) is 5.58 Å². The Hall–Kier alpha value is -7.11. The minimum Gasteiger partial charge on any atom is -0.456 e. The highest BCUT2D eigenvalue weighted by Crippen LogP contribution is 2.45. The highest BCUT2D eigenvalue weighted by atomic mass is 16.4. The minimum absolute atomic E-state index is 0.571. The van der Waals surface area contributed by atoms with Gasteiger partial charge in [-0.05, 0) is 88.6 Å². The van der Waals surface area contributed by atoms with Crippen molar-refractivity contribution in [3.63, 3.8) is 0 Å². The summed E-state index contributed by atoms with van der Waals surface area (Å²) in [6.07, 6.45) is 0. The molecule has 0 aliphatic carbocycles. The molecule has 5 heteroatoms. The molecule has 0 saturated carbocycles. The van der Waals surface area contributed by atoms with E-state index in [4.69, 9.17) is 18.2 Å². The SMILES string of the molecule is c1ccc(-c2ccc(N(c3ccc4c(c3)oc3cccc(-c5nc6cc7ccccc7cc6o5)c34)c3cccc4oc5ccccc5c34)cc2)cc1. The molecule has 3 heterocycles. The average molecular weight is 669 g/mol. The molecule has 0 radical (unpaired) electrons. The van der Waals surface area contributed by atoms with Gasteiger partial charge in [-0.3, -0.25) is 0 Å². The Labute approximate surface area is 297 Å². The van der Waals surface area contributed by atoms with Crippen LogP contribution in [0.3, 0.4) is 0 Å². The molecule has 3 aromatic heterocycles. The molecule has 0 N–H and O–H groups in total. The molecule has 11 rings (SSSR count). The van der Waals surface area contributed by atoms with Gasteiger partial charge in [-0.1, -0.05) is 97.1 Å². The van der Waals surface area contributed by atoms with Crippen molar-refractivity contribution in [2.75, 3.05) is 4.90 Å². The summed E-state index contributed by atoms with van der Waals surface area (Å²) in [6.45, 7) is 0. The number of furan rings is 2. The van der Waals surface area contributed by atoms with Crippen molar-refractivity contribution in [2.45, 2.75) is 0 Å². The number of oxazole rings is 1. The molecule has 5 nitrogen and oxygen atoms in total. The molecular weight excluding hydrogens is 641 g/mol. The molecule has 0 bridgehead atoms. The van der Waals surface area contributed by atoms with Gasteiger partial charge in [0, 0.05) is 39.2 Å². The molecule has 0 amide bonds. The lowest BCUT2D eigenvalue weighted by Gasteiger charge is -2.26. The maximum atomic E-state index is 6.62. The molecule has 0 unspecified atom stereocenters. The van der Waals surface area contributed by atoms with E-state index in [-0.39, 0.29) is 0 Å². The van der Waals surface area contributed by atoms with Crippen LogP contribution in [0, 0.1) is 0 Å². The van der Waals surface area contributed by atoms with E-state index >= 15 is 0 Å². The zero-order chi connectivity index (χ0) is 34.2. The lowest BCUT2D eigenvalue weighted by atomic mass is 10.0. The van der Waals surface area contributed by atoms with Crippen molar-refractivity contribution in [2.24, 2.45) is 0 Å². The highest BCUT2D eigenvalue weighted by molar-refractivity contribution is 6.15. The lowest BCUT2D eigenvalue weighted by Crippen LogP contribution is -2.10. The van der Waals surface area contributed by atoms with Crippen LogP contribution in [0.1, 0.15) is 0 Å². The smallest absolute Gasteiger partial charge is 0.228 e. The van der Waals surface area contributed by atoms with Crippen LogP contribution in [0.4, 0.5) is 17.1 Å². The number of benzene rings is 8. The number of hydrogen-bond donors (Lipinski definition) is 0. The normalized spacial score (nSPS) is 11.8. The Bertz CT molecular complexity index is 3080. The minimum atomic E-state index is 0.571. The van der Waals surface area contributed by atoms with Crippen molar-refractivity contribution in [3.8, 4) is 22.6 Å². The quantitative estimate of drug-likeness (QED) is 0.183. The first-order valence-electron chi connectivity index (χ1n) is 17.4. The largest absolute Gasteiger partial charge is 0.456 e. The molecule has 0 aliphatic rings. The standard InChI is InChI=1S/C47H28N2O3/c1-2-10-29(11-3-1)30-20-22-33(23-21-30)49(39-16-9-19-42-46(39)35-14-6-7-17-40(35)50-42)34-24-25-36-43(28-34)51-41-18-8-15-37(45(36)41)47-48-38-26-31-12-4-5-13-32(31)27-44(38)52-47/h1-28H. The summed E-state index contributed by atoms with van der Waals surface area (Å²) in [5, 5.41) is 6.35. The molecule has 8 aromatic carbocycles. The summed E-state index contributed by atoms with van der Waals surface area (Å²) < 4.78 is 19.4. The number of hydrogen-bond acceptors (Lipinski definition) is 5. The van der Waals surface area contributed by atoms with E-state index in [1.165, 1.54) is 5.56 Å². The van der Waals surface area contributed by atoms with Gasteiger partial charge in [0.05, 0.1) is 11.1 Å². The van der Waals surface area contributed by atoms with Crippen molar-refractivity contribution in [1.29, 1.82) is 0 Å². The van der Waals surface area contributed by atoms with Crippen LogP contribution < -0.4 is 4.90 Å². The Morgan fingerprint density at radius 2 is 1.06 bits per heavy atom. The van der Waals surface area contributed by atoms with E-state index in [0.29, 0.717) is 5.89 Å². The number of nitrogens with zero attached hydrogens (tertiary/aromatic N) is 2. The van der Waals surface area contributed by atoms with E-state index in [1.54, 1.807) is 0 Å².